The van der Waals surface area contributed by atoms with Crippen LogP contribution in [0, 0.1) is 0 Å². The van der Waals surface area contributed by atoms with Crippen molar-refractivity contribution in [3.63, 3.8) is 0 Å². The van der Waals surface area contributed by atoms with Crippen molar-refractivity contribution in [2.24, 2.45) is 0 Å². The van der Waals surface area contributed by atoms with Gasteiger partial charge in [-0.2, -0.15) is 10.1 Å². The second-order valence-corrected chi connectivity index (χ2v) is 7.25. The van der Waals surface area contributed by atoms with Crippen molar-refractivity contribution in [3.05, 3.63) is 59.9 Å². The van der Waals surface area contributed by atoms with Crippen LogP contribution in [0.3, 0.4) is 0 Å². The standard InChI is InChI=1S/C21H19N5O4/c1-12(2)21-23-18(25-30-21)10-26-15-6-4-3-5-14(15)19(24-26)20(27)22-13-7-8-16-17(9-13)29-11-28-16/h3-9,12H,10-11H2,1-2H3,(H,22,27). The van der Waals surface area contributed by atoms with Gasteiger partial charge in [-0.1, -0.05) is 37.2 Å². The number of aromatic nitrogens is 4. The molecule has 0 bridgehead atoms. The number of rotatable bonds is 5. The molecule has 0 radical (unpaired) electrons. The highest BCUT2D eigenvalue weighted by Crippen LogP contribution is 2.34. The summed E-state index contributed by atoms with van der Waals surface area (Å²) in [6.45, 7) is 4.45. The monoisotopic (exact) mass is 405 g/mol. The first-order valence-electron chi connectivity index (χ1n) is 9.57. The van der Waals surface area contributed by atoms with Gasteiger partial charge in [0.25, 0.3) is 5.91 Å². The van der Waals surface area contributed by atoms with Gasteiger partial charge >= 0.3 is 0 Å². The molecular formula is C21H19N5O4. The SMILES string of the molecule is CC(C)c1nc(Cn2nc(C(=O)Nc3ccc4c(c3)OCO4)c3ccccc32)no1. The van der Waals surface area contributed by atoms with E-state index >= 15 is 0 Å². The summed E-state index contributed by atoms with van der Waals surface area (Å²) in [4.78, 5) is 17.4. The number of benzene rings is 2. The molecule has 4 aromatic rings. The van der Waals surface area contributed by atoms with E-state index in [1.807, 2.05) is 38.1 Å². The molecule has 0 spiro atoms. The Labute approximate surface area is 171 Å². The minimum absolute atomic E-state index is 0.142. The molecule has 0 aliphatic carbocycles. The number of fused-ring (bicyclic) bond motifs is 2. The van der Waals surface area contributed by atoms with Gasteiger partial charge in [-0.15, -0.1) is 0 Å². The second kappa shape index (κ2) is 7.18. The molecule has 3 heterocycles. The van der Waals surface area contributed by atoms with Gasteiger partial charge in [-0.25, -0.2) is 0 Å². The van der Waals surface area contributed by atoms with Gasteiger partial charge in [-0.05, 0) is 18.2 Å². The lowest BCUT2D eigenvalue weighted by Gasteiger charge is -2.04. The van der Waals surface area contributed by atoms with E-state index in [1.165, 1.54) is 0 Å². The fraction of sp³-hybridized carbons (Fsp3) is 0.238. The molecule has 152 valence electrons. The predicted octanol–water partition coefficient (Wildman–Crippen LogP) is 3.57. The lowest BCUT2D eigenvalue weighted by atomic mass is 10.2. The summed E-state index contributed by atoms with van der Waals surface area (Å²) >= 11 is 0. The number of carbonyl (C=O) groups excluding carboxylic acids is 1. The van der Waals surface area contributed by atoms with E-state index in [0.717, 1.165) is 10.9 Å². The summed E-state index contributed by atoms with van der Waals surface area (Å²) in [6.07, 6.45) is 0. The number of hydrogen-bond acceptors (Lipinski definition) is 7. The first-order valence-corrected chi connectivity index (χ1v) is 9.57. The van der Waals surface area contributed by atoms with Crippen molar-refractivity contribution in [2.75, 3.05) is 12.1 Å². The Bertz CT molecular complexity index is 1240. The molecule has 0 saturated carbocycles. The highest BCUT2D eigenvalue weighted by Gasteiger charge is 2.20. The van der Waals surface area contributed by atoms with Crippen LogP contribution in [0.15, 0.2) is 47.0 Å². The zero-order valence-electron chi connectivity index (χ0n) is 16.5. The molecule has 1 aliphatic rings. The van der Waals surface area contributed by atoms with Gasteiger partial charge < -0.3 is 19.3 Å². The molecule has 0 saturated heterocycles. The van der Waals surface area contributed by atoms with Gasteiger partial charge in [0, 0.05) is 23.1 Å². The van der Waals surface area contributed by atoms with Gasteiger partial charge in [0.1, 0.15) is 6.54 Å². The Morgan fingerprint density at radius 1 is 1.17 bits per heavy atom. The highest BCUT2D eigenvalue weighted by molar-refractivity contribution is 6.11. The van der Waals surface area contributed by atoms with Crippen LogP contribution in [0.1, 0.15) is 42.0 Å². The summed E-state index contributed by atoms with van der Waals surface area (Å²) in [5.74, 6) is 2.16. The summed E-state index contributed by atoms with van der Waals surface area (Å²) in [6, 6.07) is 12.8. The summed E-state index contributed by atoms with van der Waals surface area (Å²) in [5, 5.41) is 12.2. The van der Waals surface area contributed by atoms with Crippen molar-refractivity contribution in [1.82, 2.24) is 19.9 Å². The molecule has 1 N–H and O–H groups in total. The van der Waals surface area contributed by atoms with Crippen LogP contribution in [0.4, 0.5) is 5.69 Å². The van der Waals surface area contributed by atoms with Crippen molar-refractivity contribution in [3.8, 4) is 11.5 Å². The third-order valence-corrected chi connectivity index (χ3v) is 4.77. The smallest absolute Gasteiger partial charge is 0.276 e. The molecule has 9 nitrogen and oxygen atoms in total. The molecule has 1 amide bonds. The Balaban J connectivity index is 1.44. The van der Waals surface area contributed by atoms with Crippen molar-refractivity contribution < 1.29 is 18.8 Å². The molecule has 0 fully saturated rings. The maximum atomic E-state index is 13.0. The number of ether oxygens (including phenoxy) is 2. The number of para-hydroxylation sites is 1. The predicted molar refractivity (Wildman–Crippen MR) is 108 cm³/mol. The first-order chi connectivity index (χ1) is 14.6. The van der Waals surface area contributed by atoms with Crippen LogP contribution in [0.2, 0.25) is 0 Å². The average molecular weight is 405 g/mol. The molecule has 30 heavy (non-hydrogen) atoms. The number of amides is 1. The van der Waals surface area contributed by atoms with Crippen LogP contribution in [-0.4, -0.2) is 32.6 Å². The zero-order chi connectivity index (χ0) is 20.7. The Morgan fingerprint density at radius 2 is 2.00 bits per heavy atom. The average Bonchev–Trinajstić information content (AvgIpc) is 3.47. The van der Waals surface area contributed by atoms with Gasteiger partial charge in [0.2, 0.25) is 12.7 Å². The normalized spacial score (nSPS) is 12.6. The number of anilines is 1. The van der Waals surface area contributed by atoms with Crippen LogP contribution >= 0.6 is 0 Å². The molecule has 0 atom stereocenters. The Kier molecular flexibility index (Phi) is 4.35. The fourth-order valence-electron chi connectivity index (χ4n) is 3.28. The van der Waals surface area contributed by atoms with Crippen LogP contribution < -0.4 is 14.8 Å². The quantitative estimate of drug-likeness (QED) is 0.541. The third-order valence-electron chi connectivity index (χ3n) is 4.77. The van der Waals surface area contributed by atoms with E-state index in [2.05, 4.69) is 20.6 Å². The molecular weight excluding hydrogens is 386 g/mol. The minimum Gasteiger partial charge on any atom is -0.454 e. The lowest BCUT2D eigenvalue weighted by molar-refractivity contribution is 0.102. The van der Waals surface area contributed by atoms with E-state index < -0.39 is 0 Å². The topological polar surface area (TPSA) is 104 Å². The van der Waals surface area contributed by atoms with Gasteiger partial charge in [-0.3, -0.25) is 9.48 Å². The lowest BCUT2D eigenvalue weighted by Crippen LogP contribution is -2.14. The first kappa shape index (κ1) is 18.2. The number of nitrogens with zero attached hydrogens (tertiary/aromatic N) is 4. The van der Waals surface area contributed by atoms with Gasteiger partial charge in [0.15, 0.2) is 23.0 Å². The maximum absolute atomic E-state index is 13.0. The van der Waals surface area contributed by atoms with Crippen molar-refractivity contribution >= 4 is 22.5 Å². The summed E-state index contributed by atoms with van der Waals surface area (Å²) < 4.78 is 17.7. The zero-order valence-corrected chi connectivity index (χ0v) is 16.5. The fourth-order valence-corrected chi connectivity index (χ4v) is 3.28. The molecule has 0 unspecified atom stereocenters. The minimum atomic E-state index is -0.320. The molecule has 5 rings (SSSR count). The van der Waals surface area contributed by atoms with Crippen LogP contribution in [-0.2, 0) is 6.54 Å². The second-order valence-electron chi connectivity index (χ2n) is 7.25. The summed E-state index contributed by atoms with van der Waals surface area (Å²) in [5.41, 5.74) is 1.72. The van der Waals surface area contributed by atoms with E-state index in [1.54, 1.807) is 22.9 Å². The van der Waals surface area contributed by atoms with Gasteiger partial charge in [0.05, 0.1) is 5.52 Å². The molecule has 2 aromatic carbocycles. The van der Waals surface area contributed by atoms with Crippen LogP contribution in [0.5, 0.6) is 11.5 Å². The number of hydrogen-bond donors (Lipinski definition) is 1. The van der Waals surface area contributed by atoms with E-state index in [4.69, 9.17) is 14.0 Å². The van der Waals surface area contributed by atoms with Crippen molar-refractivity contribution in [2.45, 2.75) is 26.3 Å². The third kappa shape index (κ3) is 3.24. The Hall–Kier alpha value is -3.88. The molecule has 2 aromatic heterocycles. The van der Waals surface area contributed by atoms with Crippen LogP contribution in [0.25, 0.3) is 10.9 Å². The molecule has 9 heteroatoms. The highest BCUT2D eigenvalue weighted by atomic mass is 16.7. The van der Waals surface area contributed by atoms with Crippen molar-refractivity contribution in [1.29, 1.82) is 0 Å². The number of nitrogens with one attached hydrogen (secondary N) is 1. The largest absolute Gasteiger partial charge is 0.454 e. The van der Waals surface area contributed by atoms with E-state index in [-0.39, 0.29) is 18.6 Å². The maximum Gasteiger partial charge on any atom is 0.276 e. The number of carbonyl (C=O) groups is 1. The Morgan fingerprint density at radius 3 is 2.83 bits per heavy atom. The molecule has 1 aliphatic heterocycles. The summed E-state index contributed by atoms with van der Waals surface area (Å²) in [7, 11) is 0. The van der Waals surface area contributed by atoms with E-state index in [0.29, 0.717) is 41.1 Å². The van der Waals surface area contributed by atoms with E-state index in [9.17, 15) is 4.79 Å².